The number of imidazole rings is 1. The summed E-state index contributed by atoms with van der Waals surface area (Å²) in [6.45, 7) is 4.13. The number of ether oxygens (including phenoxy) is 4. The van der Waals surface area contributed by atoms with E-state index < -0.39 is 12.1 Å². The Balaban J connectivity index is 1.17. The van der Waals surface area contributed by atoms with Gasteiger partial charge in [0.05, 0.1) is 13.7 Å². The number of carbonyl (C=O) groups is 4. The van der Waals surface area contributed by atoms with Crippen molar-refractivity contribution in [3.8, 4) is 23.0 Å². The molecule has 266 valence electrons. The molecule has 4 heterocycles. The summed E-state index contributed by atoms with van der Waals surface area (Å²) in [6, 6.07) is 9.81. The fourth-order valence-corrected chi connectivity index (χ4v) is 6.50. The topological polar surface area (TPSA) is 154 Å². The number of likely N-dealkylation sites (tertiary alicyclic amines) is 1. The Morgan fingerprint density at radius 2 is 1.78 bits per heavy atom. The lowest BCUT2D eigenvalue weighted by molar-refractivity contribution is -0.138. The van der Waals surface area contributed by atoms with Crippen molar-refractivity contribution in [2.75, 3.05) is 46.6 Å². The van der Waals surface area contributed by atoms with Crippen LogP contribution in [0.3, 0.4) is 0 Å². The van der Waals surface area contributed by atoms with E-state index in [9.17, 15) is 19.2 Å². The Morgan fingerprint density at radius 1 is 0.960 bits per heavy atom. The van der Waals surface area contributed by atoms with Crippen molar-refractivity contribution in [3.05, 3.63) is 65.7 Å². The van der Waals surface area contributed by atoms with E-state index in [1.165, 1.54) is 7.11 Å². The normalized spacial score (nSPS) is 19.8. The molecule has 3 aromatic rings. The highest BCUT2D eigenvalue weighted by Gasteiger charge is 2.40. The number of benzene rings is 2. The fourth-order valence-electron chi connectivity index (χ4n) is 6.50. The molecule has 0 saturated carbocycles. The van der Waals surface area contributed by atoms with E-state index in [-0.39, 0.29) is 56.4 Å². The van der Waals surface area contributed by atoms with E-state index in [0.717, 1.165) is 11.4 Å². The average Bonchev–Trinajstić information content (AvgIpc) is 3.87. The molecule has 3 aliphatic rings. The quantitative estimate of drug-likeness (QED) is 0.398. The Kier molecular flexibility index (Phi) is 11.0. The summed E-state index contributed by atoms with van der Waals surface area (Å²) >= 11 is 0. The third kappa shape index (κ3) is 8.29. The van der Waals surface area contributed by atoms with Crippen LogP contribution in [0.2, 0.25) is 0 Å². The van der Waals surface area contributed by atoms with E-state index in [4.69, 9.17) is 18.9 Å². The highest BCUT2D eigenvalue weighted by molar-refractivity contribution is 5.95. The van der Waals surface area contributed by atoms with Crippen LogP contribution in [0, 0.1) is 6.92 Å². The number of nitrogens with zero attached hydrogens (tertiary/aromatic N) is 4. The van der Waals surface area contributed by atoms with Gasteiger partial charge in [-0.3, -0.25) is 19.2 Å². The minimum Gasteiger partial charge on any atom is -0.493 e. The van der Waals surface area contributed by atoms with Crippen LogP contribution in [0.5, 0.6) is 23.0 Å². The highest BCUT2D eigenvalue weighted by Crippen LogP contribution is 2.34. The van der Waals surface area contributed by atoms with Gasteiger partial charge in [0.2, 0.25) is 24.5 Å². The average molecular weight is 689 g/mol. The van der Waals surface area contributed by atoms with Crippen LogP contribution in [0.1, 0.15) is 53.8 Å². The molecule has 2 atom stereocenters. The molecule has 4 bridgehead atoms. The summed E-state index contributed by atoms with van der Waals surface area (Å²) < 4.78 is 24.6. The first kappa shape index (κ1) is 34.6. The third-order valence-corrected chi connectivity index (χ3v) is 9.30. The van der Waals surface area contributed by atoms with Gasteiger partial charge in [0.15, 0.2) is 23.0 Å². The summed E-state index contributed by atoms with van der Waals surface area (Å²) in [5.74, 6) is 2.11. The fraction of sp³-hybridized carbons (Fsp3) is 0.472. The Hall–Kier alpha value is -5.27. The molecular formula is C36H44N6O8. The number of carbonyl (C=O) groups excluding carboxylic acids is 4. The molecule has 50 heavy (non-hydrogen) atoms. The van der Waals surface area contributed by atoms with Crippen molar-refractivity contribution in [2.24, 2.45) is 0 Å². The second-order valence-corrected chi connectivity index (χ2v) is 12.7. The second-order valence-electron chi connectivity index (χ2n) is 12.7. The predicted molar refractivity (Wildman–Crippen MR) is 181 cm³/mol. The van der Waals surface area contributed by atoms with Crippen LogP contribution < -0.4 is 29.6 Å². The van der Waals surface area contributed by atoms with Crippen molar-refractivity contribution in [1.82, 2.24) is 30.0 Å². The molecule has 14 heteroatoms. The zero-order valence-electron chi connectivity index (χ0n) is 28.5. The number of methoxy groups -OCH3 is 1. The predicted octanol–water partition coefficient (Wildman–Crippen LogP) is 2.47. The second kappa shape index (κ2) is 16.0. The van der Waals surface area contributed by atoms with E-state index in [1.54, 1.807) is 45.0 Å². The molecule has 4 amide bonds. The van der Waals surface area contributed by atoms with Crippen LogP contribution >= 0.6 is 0 Å². The van der Waals surface area contributed by atoms with Crippen molar-refractivity contribution in [1.29, 1.82) is 0 Å². The first-order valence-electron chi connectivity index (χ1n) is 17.1. The minimum absolute atomic E-state index is 0.0452. The molecule has 6 rings (SSSR count). The van der Waals surface area contributed by atoms with Crippen molar-refractivity contribution in [2.45, 2.75) is 64.1 Å². The van der Waals surface area contributed by atoms with Gasteiger partial charge in [-0.1, -0.05) is 6.07 Å². The highest BCUT2D eigenvalue weighted by atomic mass is 16.7. The van der Waals surface area contributed by atoms with Crippen LogP contribution in [0.25, 0.3) is 0 Å². The molecule has 3 aliphatic heterocycles. The summed E-state index contributed by atoms with van der Waals surface area (Å²) in [4.78, 5) is 61.3. The van der Waals surface area contributed by atoms with Gasteiger partial charge in [-0.15, -0.1) is 0 Å². The van der Waals surface area contributed by atoms with Gasteiger partial charge < -0.3 is 43.9 Å². The number of hydrogen-bond acceptors (Lipinski definition) is 9. The Bertz CT molecular complexity index is 1710. The minimum atomic E-state index is -0.736. The van der Waals surface area contributed by atoms with Crippen molar-refractivity contribution >= 4 is 23.6 Å². The molecule has 0 radical (unpaired) electrons. The summed E-state index contributed by atoms with van der Waals surface area (Å²) in [5.41, 5.74) is 1.31. The first-order chi connectivity index (χ1) is 24.3. The van der Waals surface area contributed by atoms with Gasteiger partial charge in [-0.2, -0.15) is 0 Å². The number of aromatic nitrogens is 2. The Morgan fingerprint density at radius 3 is 2.60 bits per heavy atom. The molecular weight excluding hydrogens is 644 g/mol. The van der Waals surface area contributed by atoms with E-state index in [2.05, 4.69) is 15.6 Å². The van der Waals surface area contributed by atoms with Crippen molar-refractivity contribution in [3.63, 3.8) is 0 Å². The number of nitrogens with one attached hydrogen (secondary N) is 2. The zero-order chi connectivity index (χ0) is 35.0. The smallest absolute Gasteiger partial charge is 0.251 e. The van der Waals surface area contributed by atoms with Gasteiger partial charge in [0, 0.05) is 57.0 Å². The maximum Gasteiger partial charge on any atom is 0.251 e. The van der Waals surface area contributed by atoms with Crippen LogP contribution in [0.15, 0.2) is 48.8 Å². The van der Waals surface area contributed by atoms with Gasteiger partial charge in [0.25, 0.3) is 5.91 Å². The molecule has 1 fully saturated rings. The molecule has 1 aromatic heterocycles. The van der Waals surface area contributed by atoms with Gasteiger partial charge in [-0.25, -0.2) is 4.98 Å². The molecule has 0 aliphatic carbocycles. The Labute approximate surface area is 291 Å². The number of fused-ring (bicyclic) bond motifs is 5. The monoisotopic (exact) mass is 688 g/mol. The first-order valence-corrected chi connectivity index (χ1v) is 17.1. The maximum atomic E-state index is 13.7. The molecule has 2 aromatic carbocycles. The van der Waals surface area contributed by atoms with Crippen molar-refractivity contribution < 1.29 is 38.1 Å². The van der Waals surface area contributed by atoms with Gasteiger partial charge >= 0.3 is 0 Å². The number of amides is 4. The SMILES string of the molecule is COc1ccc2cc1O[C@H]1C[C@@H](C(=O)NCCCCN(C(=O)Cn3ccnc3C)CCCNC2=O)N(C(=O)CCc2ccc3c(c2)OCO3)C1. The third-order valence-electron chi connectivity index (χ3n) is 9.30. The molecule has 14 nitrogen and oxygen atoms in total. The maximum absolute atomic E-state index is 13.7. The van der Waals surface area contributed by atoms with Gasteiger partial charge in [-0.05, 0) is 68.5 Å². The van der Waals surface area contributed by atoms with E-state index in [0.29, 0.717) is 80.4 Å². The zero-order valence-corrected chi connectivity index (χ0v) is 28.5. The molecule has 0 unspecified atom stereocenters. The lowest BCUT2D eigenvalue weighted by Crippen LogP contribution is -2.46. The van der Waals surface area contributed by atoms with Crippen LogP contribution in [0.4, 0.5) is 0 Å². The molecule has 2 N–H and O–H groups in total. The van der Waals surface area contributed by atoms with E-state index >= 15 is 0 Å². The van der Waals surface area contributed by atoms with Crippen LogP contribution in [-0.4, -0.2) is 102 Å². The lowest BCUT2D eigenvalue weighted by atomic mass is 10.1. The number of hydrogen-bond donors (Lipinski definition) is 2. The largest absolute Gasteiger partial charge is 0.493 e. The standard InChI is InChI=1S/C36H44N6O8/c1-24-37-14-17-41(24)22-34(44)40-15-4-3-12-39-36(46)28-20-27(50-32-19-26(8-10-29(32)47-2)35(45)38-13-5-16-40)21-42(28)33(43)11-7-25-6-9-30-31(18-25)49-23-48-30/h6,8-10,14,17-19,27-28H,3-5,7,11-13,15-16,20-23H2,1-2H3,(H,38,45)(H,39,46)/t27-,28-/m0/s1. The number of aryl methyl sites for hydroxylation is 2. The number of rotatable bonds is 6. The van der Waals surface area contributed by atoms with Crippen LogP contribution in [-0.2, 0) is 27.3 Å². The summed E-state index contributed by atoms with van der Waals surface area (Å²) in [6.07, 6.45) is 5.75. The van der Waals surface area contributed by atoms with Gasteiger partial charge in [0.1, 0.15) is 24.5 Å². The molecule has 0 spiro atoms. The molecule has 1 saturated heterocycles. The van der Waals surface area contributed by atoms with E-state index in [1.807, 2.05) is 25.1 Å². The lowest BCUT2D eigenvalue weighted by Gasteiger charge is -2.25. The summed E-state index contributed by atoms with van der Waals surface area (Å²) in [7, 11) is 1.52. The summed E-state index contributed by atoms with van der Waals surface area (Å²) in [5, 5.41) is 5.97.